The normalized spacial score (nSPS) is 12.9. The van der Waals surface area contributed by atoms with E-state index >= 15 is 0 Å². The largest absolute Gasteiger partial charge is 0.310 e. The van der Waals surface area contributed by atoms with Gasteiger partial charge in [0.15, 0.2) is 0 Å². The first-order valence-electron chi connectivity index (χ1n) is 18.3. The maximum absolute atomic E-state index is 2.50. The smallest absolute Gasteiger partial charge is 0.0540 e. The highest BCUT2D eigenvalue weighted by atomic mass is 32.1. The lowest BCUT2D eigenvalue weighted by molar-refractivity contribution is 0.660. The third kappa shape index (κ3) is 5.21. The van der Waals surface area contributed by atoms with E-state index in [0.29, 0.717) is 0 Å². The maximum Gasteiger partial charge on any atom is 0.0540 e. The first-order valence-corrected chi connectivity index (χ1v) is 19.2. The van der Waals surface area contributed by atoms with E-state index in [1.165, 1.54) is 75.8 Å². The maximum atomic E-state index is 2.50. The fourth-order valence-electron chi connectivity index (χ4n) is 8.42. The van der Waals surface area contributed by atoms with Crippen LogP contribution in [0.2, 0.25) is 0 Å². The van der Waals surface area contributed by atoms with Crippen molar-refractivity contribution in [3.8, 4) is 44.5 Å². The van der Waals surface area contributed by atoms with Crippen molar-refractivity contribution in [2.75, 3.05) is 4.90 Å². The Labute approximate surface area is 315 Å². The fourth-order valence-corrected chi connectivity index (χ4v) is 9.64. The number of nitrogens with zero attached hydrogens (tertiary/aromatic N) is 1. The number of benzene rings is 8. The van der Waals surface area contributed by atoms with Gasteiger partial charge in [-0.15, -0.1) is 11.3 Å². The molecule has 1 aliphatic rings. The molecular formula is C51H37NS. The lowest BCUT2D eigenvalue weighted by Gasteiger charge is -2.30. The first kappa shape index (κ1) is 31.5. The summed E-state index contributed by atoms with van der Waals surface area (Å²) in [5.41, 5.74) is 16.0. The van der Waals surface area contributed by atoms with Gasteiger partial charge < -0.3 is 4.90 Å². The molecule has 9 aromatic rings. The van der Waals surface area contributed by atoms with E-state index in [0.717, 1.165) is 17.1 Å². The molecule has 10 rings (SSSR count). The second-order valence-electron chi connectivity index (χ2n) is 14.5. The van der Waals surface area contributed by atoms with Crippen LogP contribution in [0.25, 0.3) is 64.7 Å². The van der Waals surface area contributed by atoms with E-state index in [1.54, 1.807) is 0 Å². The first-order chi connectivity index (χ1) is 26.0. The monoisotopic (exact) mass is 695 g/mol. The molecule has 0 aliphatic heterocycles. The Morgan fingerprint density at radius 2 is 0.981 bits per heavy atom. The number of hydrogen-bond donors (Lipinski definition) is 0. The van der Waals surface area contributed by atoms with Crippen LogP contribution in [0.5, 0.6) is 0 Å². The van der Waals surface area contributed by atoms with Gasteiger partial charge in [0.1, 0.15) is 0 Å². The van der Waals surface area contributed by atoms with E-state index in [4.69, 9.17) is 0 Å². The van der Waals surface area contributed by atoms with Gasteiger partial charge in [-0.3, -0.25) is 0 Å². The Balaban J connectivity index is 1.24. The Kier molecular flexibility index (Phi) is 7.42. The third-order valence-corrected chi connectivity index (χ3v) is 12.3. The summed E-state index contributed by atoms with van der Waals surface area (Å²) in [6, 6.07) is 69.1. The molecule has 1 heterocycles. The third-order valence-electron chi connectivity index (χ3n) is 11.1. The highest BCUT2D eigenvalue weighted by Crippen LogP contribution is 2.52. The van der Waals surface area contributed by atoms with Gasteiger partial charge in [0.25, 0.3) is 0 Å². The van der Waals surface area contributed by atoms with Crippen LogP contribution in [0.1, 0.15) is 25.0 Å². The van der Waals surface area contributed by atoms with Crippen molar-refractivity contribution in [3.05, 3.63) is 199 Å². The lowest BCUT2D eigenvalue weighted by Crippen LogP contribution is -2.17. The van der Waals surface area contributed by atoms with Gasteiger partial charge in [-0.05, 0) is 80.9 Å². The molecule has 2 heteroatoms. The summed E-state index contributed by atoms with van der Waals surface area (Å²) in [6.45, 7) is 4.73. The summed E-state index contributed by atoms with van der Waals surface area (Å²) in [5.74, 6) is 0. The lowest BCUT2D eigenvalue weighted by atomic mass is 9.82. The molecule has 1 aromatic heterocycles. The van der Waals surface area contributed by atoms with E-state index in [9.17, 15) is 0 Å². The molecule has 0 N–H and O–H groups in total. The molecule has 0 fully saturated rings. The van der Waals surface area contributed by atoms with Crippen LogP contribution >= 0.6 is 11.3 Å². The second kappa shape index (κ2) is 12.5. The van der Waals surface area contributed by atoms with Crippen LogP contribution in [0.3, 0.4) is 0 Å². The Hall–Kier alpha value is -6.22. The summed E-state index contributed by atoms with van der Waals surface area (Å²) in [5, 5.41) is 2.57. The number of fused-ring (bicyclic) bond motifs is 6. The second-order valence-corrected chi connectivity index (χ2v) is 15.6. The SMILES string of the molecule is CC1(C)c2ccccc2-c2ccc(N(c3cc(-c4ccc(-c5ccccc5)cc4)c4sc5ccccc5c4c3)c3ccccc3-c3ccccc3)cc21. The fraction of sp³-hybridized carbons (Fsp3) is 0.0588. The zero-order valence-corrected chi connectivity index (χ0v) is 30.6. The Bertz CT molecular complexity index is 2790. The number of rotatable bonds is 6. The number of para-hydroxylation sites is 1. The summed E-state index contributed by atoms with van der Waals surface area (Å²) in [7, 11) is 0. The van der Waals surface area contributed by atoms with Crippen LogP contribution in [0.15, 0.2) is 188 Å². The number of hydrogen-bond acceptors (Lipinski definition) is 2. The van der Waals surface area contributed by atoms with Crippen molar-refractivity contribution in [1.29, 1.82) is 0 Å². The van der Waals surface area contributed by atoms with Crippen molar-refractivity contribution >= 4 is 48.6 Å². The molecule has 0 radical (unpaired) electrons. The average Bonchev–Trinajstić information content (AvgIpc) is 3.70. The molecule has 0 saturated heterocycles. The highest BCUT2D eigenvalue weighted by molar-refractivity contribution is 7.26. The van der Waals surface area contributed by atoms with Crippen molar-refractivity contribution < 1.29 is 0 Å². The zero-order valence-electron chi connectivity index (χ0n) is 29.8. The predicted octanol–water partition coefficient (Wildman–Crippen LogP) is 14.8. The predicted molar refractivity (Wildman–Crippen MR) is 228 cm³/mol. The van der Waals surface area contributed by atoms with Gasteiger partial charge in [0.2, 0.25) is 0 Å². The summed E-state index contributed by atoms with van der Waals surface area (Å²) < 4.78 is 2.61. The van der Waals surface area contributed by atoms with Crippen molar-refractivity contribution in [1.82, 2.24) is 0 Å². The van der Waals surface area contributed by atoms with E-state index < -0.39 is 0 Å². The minimum Gasteiger partial charge on any atom is -0.310 e. The molecular weight excluding hydrogens is 659 g/mol. The highest BCUT2D eigenvalue weighted by Gasteiger charge is 2.36. The van der Waals surface area contributed by atoms with Crippen molar-refractivity contribution in [2.24, 2.45) is 0 Å². The molecule has 1 aliphatic carbocycles. The molecule has 1 nitrogen and oxygen atoms in total. The van der Waals surface area contributed by atoms with E-state index in [2.05, 4.69) is 207 Å². The molecule has 8 aromatic carbocycles. The molecule has 0 unspecified atom stereocenters. The van der Waals surface area contributed by atoms with Gasteiger partial charge >= 0.3 is 0 Å². The van der Waals surface area contributed by atoms with Gasteiger partial charge in [-0.1, -0.05) is 166 Å². The molecule has 252 valence electrons. The molecule has 0 spiro atoms. The molecule has 0 atom stereocenters. The molecule has 0 amide bonds. The number of thiophene rings is 1. The standard InChI is InChI=1S/C51H37NS/c1-51(2)46-22-12-9-20-41(46)42-30-29-38(33-47(42)51)52(48-23-13-10-19-40(48)36-17-7-4-8-18-36)39-31-44(50-45(32-39)43-21-11-14-24-49(43)53-50)37-27-25-35(26-28-37)34-15-5-3-6-16-34/h3-33H,1-2H3. The topological polar surface area (TPSA) is 3.24 Å². The van der Waals surface area contributed by atoms with Crippen LogP contribution in [0, 0.1) is 0 Å². The van der Waals surface area contributed by atoms with Gasteiger partial charge in [0, 0.05) is 48.1 Å². The van der Waals surface area contributed by atoms with Crippen molar-refractivity contribution in [2.45, 2.75) is 19.3 Å². The van der Waals surface area contributed by atoms with Crippen LogP contribution < -0.4 is 4.90 Å². The minimum absolute atomic E-state index is 0.119. The molecule has 0 bridgehead atoms. The van der Waals surface area contributed by atoms with Crippen LogP contribution in [-0.4, -0.2) is 0 Å². The van der Waals surface area contributed by atoms with Gasteiger partial charge in [-0.25, -0.2) is 0 Å². The van der Waals surface area contributed by atoms with Gasteiger partial charge in [-0.2, -0.15) is 0 Å². The average molecular weight is 696 g/mol. The van der Waals surface area contributed by atoms with Crippen molar-refractivity contribution in [3.63, 3.8) is 0 Å². The summed E-state index contributed by atoms with van der Waals surface area (Å²) >= 11 is 1.89. The van der Waals surface area contributed by atoms with E-state index in [-0.39, 0.29) is 5.41 Å². The van der Waals surface area contributed by atoms with Gasteiger partial charge in [0.05, 0.1) is 5.69 Å². The van der Waals surface area contributed by atoms with Crippen LogP contribution in [0.4, 0.5) is 17.1 Å². The zero-order chi connectivity index (χ0) is 35.5. The number of anilines is 3. The Morgan fingerprint density at radius 1 is 0.396 bits per heavy atom. The molecule has 53 heavy (non-hydrogen) atoms. The summed E-state index contributed by atoms with van der Waals surface area (Å²) in [4.78, 5) is 2.50. The quantitative estimate of drug-likeness (QED) is 0.167. The summed E-state index contributed by atoms with van der Waals surface area (Å²) in [6.07, 6.45) is 0. The van der Waals surface area contributed by atoms with Crippen LogP contribution in [-0.2, 0) is 5.41 Å². The minimum atomic E-state index is -0.119. The Morgan fingerprint density at radius 3 is 1.77 bits per heavy atom. The van der Waals surface area contributed by atoms with E-state index in [1.807, 2.05) is 11.3 Å². The molecule has 0 saturated carbocycles.